The van der Waals surface area contributed by atoms with Gasteiger partial charge in [-0.1, -0.05) is 23.7 Å². The number of nitrogens with one attached hydrogen (secondary N) is 2. The van der Waals surface area contributed by atoms with Gasteiger partial charge in [0, 0.05) is 6.07 Å². The lowest BCUT2D eigenvalue weighted by molar-refractivity contribution is -0.892. The highest BCUT2D eigenvalue weighted by molar-refractivity contribution is 6.33. The van der Waals surface area contributed by atoms with Crippen molar-refractivity contribution in [3.8, 4) is 5.75 Å². The van der Waals surface area contributed by atoms with Crippen molar-refractivity contribution in [1.29, 1.82) is 0 Å². The molecule has 0 aliphatic carbocycles. The predicted molar refractivity (Wildman–Crippen MR) is 108 cm³/mol. The van der Waals surface area contributed by atoms with Gasteiger partial charge in [0.05, 0.1) is 60.7 Å². The van der Waals surface area contributed by atoms with Crippen molar-refractivity contribution in [1.82, 2.24) is 0 Å². The number of halogens is 1. The minimum atomic E-state index is -0.503. The molecule has 0 bridgehead atoms. The Balaban J connectivity index is 1.55. The fourth-order valence-corrected chi connectivity index (χ4v) is 3.52. The molecular formula is C19H22ClN4O4+. The maximum Gasteiger partial charge on any atom is 0.279 e. The third-order valence-corrected chi connectivity index (χ3v) is 5.06. The number of nitro groups is 1. The lowest BCUT2D eigenvalue weighted by Gasteiger charge is -2.33. The van der Waals surface area contributed by atoms with Crippen LogP contribution in [0.15, 0.2) is 42.5 Å². The zero-order valence-corrected chi connectivity index (χ0v) is 16.2. The third kappa shape index (κ3) is 4.71. The number of benzene rings is 2. The summed E-state index contributed by atoms with van der Waals surface area (Å²) in [6.45, 7) is 3.57. The van der Waals surface area contributed by atoms with Crippen LogP contribution in [0.2, 0.25) is 5.02 Å². The molecule has 0 atom stereocenters. The number of hydrogen-bond acceptors (Lipinski definition) is 5. The van der Waals surface area contributed by atoms with Gasteiger partial charge in [0.15, 0.2) is 6.54 Å². The normalized spacial score (nSPS) is 14.6. The molecule has 0 saturated carbocycles. The molecule has 1 aliphatic rings. The van der Waals surface area contributed by atoms with E-state index >= 15 is 0 Å². The van der Waals surface area contributed by atoms with Crippen molar-refractivity contribution in [2.75, 3.05) is 50.1 Å². The van der Waals surface area contributed by atoms with Gasteiger partial charge in [-0.05, 0) is 18.2 Å². The standard InChI is InChI=1S/C19H21ClN4O4/c1-28-18-12-14(24(26)27)6-7-16(18)21-19(25)13-22-8-10-23(11-9-22)17-5-3-2-4-15(17)20/h2-7,12H,8-11,13H2,1H3,(H,21,25)/p+1. The van der Waals surface area contributed by atoms with Crippen molar-refractivity contribution in [3.63, 3.8) is 0 Å². The Kier molecular flexibility index (Phi) is 6.33. The smallest absolute Gasteiger partial charge is 0.279 e. The molecule has 0 unspecified atom stereocenters. The lowest BCUT2D eigenvalue weighted by Crippen LogP contribution is -3.15. The highest BCUT2D eigenvalue weighted by Gasteiger charge is 2.24. The molecule has 0 spiro atoms. The van der Waals surface area contributed by atoms with Crippen LogP contribution in [-0.4, -0.2) is 50.7 Å². The van der Waals surface area contributed by atoms with Gasteiger partial charge in [0.2, 0.25) is 0 Å². The van der Waals surface area contributed by atoms with Crippen LogP contribution in [-0.2, 0) is 4.79 Å². The number of methoxy groups -OCH3 is 1. The predicted octanol–water partition coefficient (Wildman–Crippen LogP) is 1.60. The molecule has 1 fully saturated rings. The number of rotatable bonds is 6. The number of non-ortho nitro benzene ring substituents is 1. The van der Waals surface area contributed by atoms with Crippen LogP contribution < -0.4 is 19.9 Å². The van der Waals surface area contributed by atoms with Gasteiger partial charge >= 0.3 is 0 Å². The first-order valence-electron chi connectivity index (χ1n) is 8.93. The van der Waals surface area contributed by atoms with E-state index in [0.717, 1.165) is 36.9 Å². The van der Waals surface area contributed by atoms with Crippen LogP contribution in [0.25, 0.3) is 0 Å². The number of carbonyl (C=O) groups is 1. The van der Waals surface area contributed by atoms with Crippen molar-refractivity contribution in [3.05, 3.63) is 57.6 Å². The number of para-hydroxylation sites is 1. The van der Waals surface area contributed by atoms with Crippen molar-refractivity contribution in [2.24, 2.45) is 0 Å². The molecule has 2 aromatic carbocycles. The highest BCUT2D eigenvalue weighted by atomic mass is 35.5. The van der Waals surface area contributed by atoms with E-state index < -0.39 is 4.92 Å². The first-order chi connectivity index (χ1) is 13.5. The second kappa shape index (κ2) is 8.90. The molecule has 8 nitrogen and oxygen atoms in total. The van der Waals surface area contributed by atoms with Crippen LogP contribution in [0.1, 0.15) is 0 Å². The molecule has 1 amide bonds. The number of piperazine rings is 1. The van der Waals surface area contributed by atoms with Gasteiger partial charge < -0.3 is 19.9 Å². The average molecular weight is 406 g/mol. The van der Waals surface area contributed by atoms with E-state index in [2.05, 4.69) is 10.2 Å². The van der Waals surface area contributed by atoms with Crippen LogP contribution in [0.3, 0.4) is 0 Å². The van der Waals surface area contributed by atoms with Crippen molar-refractivity contribution in [2.45, 2.75) is 0 Å². The summed E-state index contributed by atoms with van der Waals surface area (Å²) < 4.78 is 5.16. The largest absolute Gasteiger partial charge is 0.494 e. The van der Waals surface area contributed by atoms with Gasteiger partial charge in [0.25, 0.3) is 11.6 Å². The van der Waals surface area contributed by atoms with Gasteiger partial charge in [0.1, 0.15) is 5.75 Å². The molecule has 3 rings (SSSR count). The van der Waals surface area contributed by atoms with Crippen LogP contribution in [0.5, 0.6) is 5.75 Å². The van der Waals surface area contributed by atoms with Crippen molar-refractivity contribution >= 4 is 34.6 Å². The third-order valence-electron chi connectivity index (χ3n) is 4.74. The van der Waals surface area contributed by atoms with E-state index in [4.69, 9.17) is 16.3 Å². The minimum absolute atomic E-state index is 0.0869. The number of amides is 1. The first kappa shape index (κ1) is 19.9. The fourth-order valence-electron chi connectivity index (χ4n) is 3.27. The van der Waals surface area contributed by atoms with Gasteiger partial charge in [-0.25, -0.2) is 0 Å². The average Bonchev–Trinajstić information content (AvgIpc) is 2.69. The molecule has 1 heterocycles. The Hall–Kier alpha value is -2.84. The SMILES string of the molecule is COc1cc([N+](=O)[O-])ccc1NC(=O)C[NH+]1CCN(c2ccccc2Cl)CC1. The summed E-state index contributed by atoms with van der Waals surface area (Å²) in [4.78, 5) is 26.2. The molecular weight excluding hydrogens is 384 g/mol. The number of carbonyl (C=O) groups excluding carboxylic acids is 1. The molecule has 1 saturated heterocycles. The second-order valence-electron chi connectivity index (χ2n) is 6.56. The highest BCUT2D eigenvalue weighted by Crippen LogP contribution is 2.29. The Labute approximate surface area is 167 Å². The van der Waals surface area contributed by atoms with Crippen LogP contribution in [0, 0.1) is 10.1 Å². The maximum atomic E-state index is 12.4. The topological polar surface area (TPSA) is 89.1 Å². The van der Waals surface area contributed by atoms with E-state index in [0.29, 0.717) is 12.2 Å². The summed E-state index contributed by atoms with van der Waals surface area (Å²) >= 11 is 6.26. The van der Waals surface area contributed by atoms with E-state index in [9.17, 15) is 14.9 Å². The number of quaternary nitrogens is 1. The molecule has 0 aromatic heterocycles. The Morgan fingerprint density at radius 3 is 2.64 bits per heavy atom. The Morgan fingerprint density at radius 2 is 2.00 bits per heavy atom. The van der Waals surface area contributed by atoms with Crippen LogP contribution >= 0.6 is 11.6 Å². The molecule has 148 valence electrons. The summed E-state index contributed by atoms with van der Waals surface area (Å²) in [5.74, 6) is 0.106. The summed E-state index contributed by atoms with van der Waals surface area (Å²) in [5.41, 5.74) is 1.35. The van der Waals surface area contributed by atoms with Crippen LogP contribution in [0.4, 0.5) is 17.1 Å². The van der Waals surface area contributed by atoms with E-state index in [1.165, 1.54) is 30.2 Å². The molecule has 2 N–H and O–H groups in total. The summed E-state index contributed by atoms with van der Waals surface area (Å²) in [5, 5.41) is 14.4. The van der Waals surface area contributed by atoms with Gasteiger partial charge in [-0.15, -0.1) is 0 Å². The van der Waals surface area contributed by atoms with E-state index in [1.807, 2.05) is 24.3 Å². The first-order valence-corrected chi connectivity index (χ1v) is 9.31. The monoisotopic (exact) mass is 405 g/mol. The number of anilines is 2. The molecule has 2 aromatic rings. The lowest BCUT2D eigenvalue weighted by atomic mass is 10.2. The number of hydrogen-bond donors (Lipinski definition) is 2. The molecule has 1 aliphatic heterocycles. The Bertz CT molecular complexity index is 869. The van der Waals surface area contributed by atoms with Gasteiger partial charge in [-0.3, -0.25) is 14.9 Å². The summed E-state index contributed by atoms with van der Waals surface area (Å²) in [6.07, 6.45) is 0. The number of ether oxygens (including phenoxy) is 1. The number of nitrogens with zero attached hydrogens (tertiary/aromatic N) is 2. The zero-order chi connectivity index (χ0) is 20.1. The fraction of sp³-hybridized carbons (Fsp3) is 0.316. The summed E-state index contributed by atoms with van der Waals surface area (Å²) in [6, 6.07) is 11.9. The molecule has 9 heteroatoms. The van der Waals surface area contributed by atoms with E-state index in [1.54, 1.807) is 0 Å². The molecule has 28 heavy (non-hydrogen) atoms. The second-order valence-corrected chi connectivity index (χ2v) is 6.96. The van der Waals surface area contributed by atoms with E-state index in [-0.39, 0.29) is 17.3 Å². The molecule has 0 radical (unpaired) electrons. The minimum Gasteiger partial charge on any atom is -0.494 e. The zero-order valence-electron chi connectivity index (χ0n) is 15.5. The van der Waals surface area contributed by atoms with Crippen molar-refractivity contribution < 1.29 is 19.4 Å². The number of nitro benzene ring substituents is 1. The summed E-state index contributed by atoms with van der Waals surface area (Å²) in [7, 11) is 1.41. The van der Waals surface area contributed by atoms with Gasteiger partial charge in [-0.2, -0.15) is 0 Å². The Morgan fingerprint density at radius 1 is 1.29 bits per heavy atom. The quantitative estimate of drug-likeness (QED) is 0.563. The maximum absolute atomic E-state index is 12.4.